The van der Waals surface area contributed by atoms with Crippen LogP contribution in [-0.4, -0.2) is 18.2 Å². The van der Waals surface area contributed by atoms with Crippen molar-refractivity contribution >= 4 is 5.69 Å². The SMILES string of the molecule is CCN1CCCc2cccc(CO)c21. The van der Waals surface area contributed by atoms with Crippen LogP contribution < -0.4 is 4.90 Å². The molecule has 1 heterocycles. The third kappa shape index (κ3) is 1.50. The molecular formula is C12H17NO. The average molecular weight is 191 g/mol. The summed E-state index contributed by atoms with van der Waals surface area (Å²) in [6, 6.07) is 6.24. The van der Waals surface area contributed by atoms with Gasteiger partial charge in [0.25, 0.3) is 0 Å². The minimum absolute atomic E-state index is 0.152. The van der Waals surface area contributed by atoms with Crippen LogP contribution in [0.2, 0.25) is 0 Å². The molecule has 0 saturated heterocycles. The van der Waals surface area contributed by atoms with Crippen LogP contribution in [0.1, 0.15) is 24.5 Å². The predicted molar refractivity (Wildman–Crippen MR) is 58.6 cm³/mol. The summed E-state index contributed by atoms with van der Waals surface area (Å²) in [5.41, 5.74) is 3.75. The number of aryl methyl sites for hydroxylation is 1. The normalized spacial score (nSPS) is 15.4. The standard InChI is InChI=1S/C12H17NO/c1-2-13-8-4-7-10-5-3-6-11(9-14)12(10)13/h3,5-6,14H,2,4,7-9H2,1H3. The van der Waals surface area contributed by atoms with Crippen LogP contribution in [0, 0.1) is 0 Å². The Hall–Kier alpha value is -1.02. The summed E-state index contributed by atoms with van der Waals surface area (Å²) in [5.74, 6) is 0. The monoisotopic (exact) mass is 191 g/mol. The number of benzene rings is 1. The molecular weight excluding hydrogens is 174 g/mol. The molecule has 0 radical (unpaired) electrons. The molecule has 0 aromatic heterocycles. The maximum Gasteiger partial charge on any atom is 0.0702 e. The molecule has 1 aromatic carbocycles. The third-order valence-corrected chi connectivity index (χ3v) is 2.95. The minimum atomic E-state index is 0.152. The van der Waals surface area contributed by atoms with Gasteiger partial charge in [-0.1, -0.05) is 18.2 Å². The van der Waals surface area contributed by atoms with Crippen molar-refractivity contribution in [2.75, 3.05) is 18.0 Å². The maximum atomic E-state index is 9.28. The van der Waals surface area contributed by atoms with Crippen LogP contribution in [0.25, 0.3) is 0 Å². The average Bonchev–Trinajstić information content (AvgIpc) is 2.27. The van der Waals surface area contributed by atoms with Crippen LogP contribution in [-0.2, 0) is 13.0 Å². The molecule has 0 aliphatic carbocycles. The highest BCUT2D eigenvalue weighted by Gasteiger charge is 2.17. The van der Waals surface area contributed by atoms with Crippen LogP contribution in [0.3, 0.4) is 0 Å². The molecule has 1 aliphatic heterocycles. The van der Waals surface area contributed by atoms with E-state index >= 15 is 0 Å². The van der Waals surface area contributed by atoms with Gasteiger partial charge in [0.1, 0.15) is 0 Å². The van der Waals surface area contributed by atoms with Gasteiger partial charge in [0.2, 0.25) is 0 Å². The first-order chi connectivity index (χ1) is 6.86. The topological polar surface area (TPSA) is 23.5 Å². The summed E-state index contributed by atoms with van der Waals surface area (Å²) >= 11 is 0. The molecule has 0 spiro atoms. The van der Waals surface area contributed by atoms with Crippen molar-refractivity contribution in [2.45, 2.75) is 26.4 Å². The maximum absolute atomic E-state index is 9.28. The fourth-order valence-corrected chi connectivity index (χ4v) is 2.27. The first kappa shape index (κ1) is 9.53. The van der Waals surface area contributed by atoms with E-state index in [0.29, 0.717) is 0 Å². The fraction of sp³-hybridized carbons (Fsp3) is 0.500. The molecule has 1 N–H and O–H groups in total. The quantitative estimate of drug-likeness (QED) is 0.772. The first-order valence-electron chi connectivity index (χ1n) is 5.33. The fourth-order valence-electron chi connectivity index (χ4n) is 2.27. The molecule has 76 valence electrons. The van der Waals surface area contributed by atoms with Gasteiger partial charge in [-0.15, -0.1) is 0 Å². The van der Waals surface area contributed by atoms with Crippen molar-refractivity contribution in [3.05, 3.63) is 29.3 Å². The molecule has 0 bridgehead atoms. The smallest absolute Gasteiger partial charge is 0.0702 e. The van der Waals surface area contributed by atoms with Crippen LogP contribution in [0.5, 0.6) is 0 Å². The lowest BCUT2D eigenvalue weighted by atomic mass is 9.98. The van der Waals surface area contributed by atoms with Crippen LogP contribution in [0.4, 0.5) is 5.69 Å². The number of aliphatic hydroxyl groups is 1. The van der Waals surface area contributed by atoms with Crippen molar-refractivity contribution < 1.29 is 5.11 Å². The second-order valence-corrected chi connectivity index (χ2v) is 3.77. The Bertz CT molecular complexity index is 308. The van der Waals surface area contributed by atoms with E-state index in [4.69, 9.17) is 0 Å². The number of hydrogen-bond donors (Lipinski definition) is 1. The Morgan fingerprint density at radius 2 is 2.29 bits per heavy atom. The minimum Gasteiger partial charge on any atom is -0.392 e. The summed E-state index contributed by atoms with van der Waals surface area (Å²) < 4.78 is 0. The Labute approximate surface area is 85.2 Å². The van der Waals surface area contributed by atoms with E-state index in [1.54, 1.807) is 0 Å². The van der Waals surface area contributed by atoms with E-state index in [1.165, 1.54) is 17.7 Å². The number of anilines is 1. The lowest BCUT2D eigenvalue weighted by molar-refractivity contribution is 0.281. The summed E-state index contributed by atoms with van der Waals surface area (Å²) in [7, 11) is 0. The molecule has 0 saturated carbocycles. The van der Waals surface area contributed by atoms with E-state index in [-0.39, 0.29) is 6.61 Å². The van der Waals surface area contributed by atoms with Gasteiger partial charge in [-0.3, -0.25) is 0 Å². The summed E-state index contributed by atoms with van der Waals surface area (Å²) in [6.45, 7) is 4.48. The van der Waals surface area contributed by atoms with Crippen molar-refractivity contribution in [1.82, 2.24) is 0 Å². The summed E-state index contributed by atoms with van der Waals surface area (Å²) in [6.07, 6.45) is 2.38. The molecule has 0 fully saturated rings. The van der Waals surface area contributed by atoms with Crippen molar-refractivity contribution in [3.63, 3.8) is 0 Å². The Morgan fingerprint density at radius 3 is 3.00 bits per heavy atom. The van der Waals surface area contributed by atoms with E-state index < -0.39 is 0 Å². The summed E-state index contributed by atoms with van der Waals surface area (Å²) in [4.78, 5) is 2.37. The first-order valence-corrected chi connectivity index (χ1v) is 5.33. The molecule has 2 nitrogen and oxygen atoms in total. The van der Waals surface area contributed by atoms with E-state index in [1.807, 2.05) is 12.1 Å². The van der Waals surface area contributed by atoms with Gasteiger partial charge in [-0.05, 0) is 25.3 Å². The molecule has 14 heavy (non-hydrogen) atoms. The number of hydrogen-bond acceptors (Lipinski definition) is 2. The number of para-hydroxylation sites is 1. The lowest BCUT2D eigenvalue weighted by Gasteiger charge is -2.32. The number of aliphatic hydroxyl groups excluding tert-OH is 1. The molecule has 0 unspecified atom stereocenters. The second-order valence-electron chi connectivity index (χ2n) is 3.77. The van der Waals surface area contributed by atoms with Gasteiger partial charge in [0.05, 0.1) is 6.61 Å². The van der Waals surface area contributed by atoms with Crippen molar-refractivity contribution in [2.24, 2.45) is 0 Å². The van der Waals surface area contributed by atoms with Crippen molar-refractivity contribution in [3.8, 4) is 0 Å². The van der Waals surface area contributed by atoms with Crippen LogP contribution >= 0.6 is 0 Å². The zero-order chi connectivity index (χ0) is 9.97. The van der Waals surface area contributed by atoms with Gasteiger partial charge < -0.3 is 10.0 Å². The van der Waals surface area contributed by atoms with E-state index in [2.05, 4.69) is 17.9 Å². The molecule has 2 rings (SSSR count). The second kappa shape index (κ2) is 4.01. The Balaban J connectivity index is 2.46. The molecule has 2 heteroatoms. The Kier molecular flexibility index (Phi) is 2.73. The highest BCUT2D eigenvalue weighted by molar-refractivity contribution is 5.61. The molecule has 1 aromatic rings. The number of fused-ring (bicyclic) bond motifs is 1. The Morgan fingerprint density at radius 1 is 1.43 bits per heavy atom. The number of nitrogens with zero attached hydrogens (tertiary/aromatic N) is 1. The zero-order valence-electron chi connectivity index (χ0n) is 8.66. The van der Waals surface area contributed by atoms with Crippen LogP contribution in [0.15, 0.2) is 18.2 Å². The lowest BCUT2D eigenvalue weighted by Crippen LogP contribution is -2.30. The van der Waals surface area contributed by atoms with E-state index in [0.717, 1.165) is 25.1 Å². The highest BCUT2D eigenvalue weighted by Crippen LogP contribution is 2.30. The van der Waals surface area contributed by atoms with Gasteiger partial charge >= 0.3 is 0 Å². The van der Waals surface area contributed by atoms with Crippen molar-refractivity contribution in [1.29, 1.82) is 0 Å². The highest BCUT2D eigenvalue weighted by atomic mass is 16.3. The predicted octanol–water partition coefficient (Wildman–Crippen LogP) is 1.95. The number of rotatable bonds is 2. The largest absolute Gasteiger partial charge is 0.392 e. The molecule has 0 amide bonds. The van der Waals surface area contributed by atoms with Gasteiger partial charge in [0, 0.05) is 24.3 Å². The third-order valence-electron chi connectivity index (χ3n) is 2.95. The van der Waals surface area contributed by atoms with Gasteiger partial charge in [-0.2, -0.15) is 0 Å². The van der Waals surface area contributed by atoms with Gasteiger partial charge in [0.15, 0.2) is 0 Å². The zero-order valence-corrected chi connectivity index (χ0v) is 8.66. The van der Waals surface area contributed by atoms with E-state index in [9.17, 15) is 5.11 Å². The molecule has 1 aliphatic rings. The summed E-state index contributed by atoms with van der Waals surface area (Å²) in [5, 5.41) is 9.28. The molecule has 0 atom stereocenters. The van der Waals surface area contributed by atoms with Gasteiger partial charge in [-0.25, -0.2) is 0 Å².